The minimum atomic E-state index is -3.45. The molecule has 0 aliphatic heterocycles. The van der Waals surface area contributed by atoms with Gasteiger partial charge in [-0.05, 0) is 53.4 Å². The third-order valence-corrected chi connectivity index (χ3v) is 5.43. The van der Waals surface area contributed by atoms with Gasteiger partial charge in [-0.15, -0.1) is 0 Å². The molecule has 0 bridgehead atoms. The molecule has 1 aromatic rings. The molecular formula is C12H17Br2NO3S. The summed E-state index contributed by atoms with van der Waals surface area (Å²) in [6, 6.07) is 4.99. The highest BCUT2D eigenvalue weighted by Gasteiger charge is 2.16. The van der Waals surface area contributed by atoms with E-state index in [0.29, 0.717) is 17.6 Å². The van der Waals surface area contributed by atoms with Gasteiger partial charge in [-0.3, -0.25) is 0 Å². The smallest absolute Gasteiger partial charge is 0.241 e. The molecule has 0 spiro atoms. The summed E-state index contributed by atoms with van der Waals surface area (Å²) in [6.45, 7) is 1.15. The van der Waals surface area contributed by atoms with Gasteiger partial charge in [0.1, 0.15) is 0 Å². The molecule has 4 nitrogen and oxygen atoms in total. The van der Waals surface area contributed by atoms with Crippen molar-refractivity contribution in [3.63, 3.8) is 0 Å². The molecule has 0 aliphatic rings. The van der Waals surface area contributed by atoms with Gasteiger partial charge in [-0.2, -0.15) is 0 Å². The van der Waals surface area contributed by atoms with Gasteiger partial charge in [-0.25, -0.2) is 13.1 Å². The first-order valence-electron chi connectivity index (χ1n) is 5.91. The van der Waals surface area contributed by atoms with E-state index in [4.69, 9.17) is 4.74 Å². The summed E-state index contributed by atoms with van der Waals surface area (Å²) in [5.41, 5.74) is 0. The minimum Gasteiger partial charge on any atom is -0.385 e. The first-order valence-corrected chi connectivity index (χ1v) is 8.98. The van der Waals surface area contributed by atoms with Crippen LogP contribution < -0.4 is 4.72 Å². The van der Waals surface area contributed by atoms with Gasteiger partial charge in [0, 0.05) is 29.2 Å². The van der Waals surface area contributed by atoms with Crippen molar-refractivity contribution in [2.24, 2.45) is 0 Å². The number of ether oxygens (including phenoxy) is 1. The van der Waals surface area contributed by atoms with Crippen LogP contribution in [0.15, 0.2) is 32.0 Å². The second-order valence-electron chi connectivity index (χ2n) is 4.03. The molecule has 0 saturated carbocycles. The van der Waals surface area contributed by atoms with Gasteiger partial charge in [0.25, 0.3) is 0 Å². The van der Waals surface area contributed by atoms with Crippen LogP contribution in [0, 0.1) is 0 Å². The molecule has 108 valence electrons. The Kier molecular flexibility index (Phi) is 7.53. The van der Waals surface area contributed by atoms with Crippen LogP contribution in [0.2, 0.25) is 0 Å². The first-order chi connectivity index (χ1) is 8.97. The molecule has 0 saturated heterocycles. The molecule has 0 radical (unpaired) electrons. The maximum atomic E-state index is 12.1. The summed E-state index contributed by atoms with van der Waals surface area (Å²) in [7, 11) is -1.79. The Bertz CT molecular complexity index is 506. The summed E-state index contributed by atoms with van der Waals surface area (Å²) in [6.07, 6.45) is 2.69. The molecule has 7 heteroatoms. The Hall–Kier alpha value is 0.0500. The highest BCUT2D eigenvalue weighted by molar-refractivity contribution is 9.11. The van der Waals surface area contributed by atoms with E-state index in [1.165, 1.54) is 0 Å². The number of hydrogen-bond donors (Lipinski definition) is 1. The third kappa shape index (κ3) is 5.91. The fraction of sp³-hybridized carbons (Fsp3) is 0.500. The number of nitrogens with one attached hydrogen (secondary N) is 1. The number of rotatable bonds is 8. The van der Waals surface area contributed by atoms with Gasteiger partial charge < -0.3 is 4.74 Å². The Morgan fingerprint density at radius 2 is 1.95 bits per heavy atom. The predicted molar refractivity (Wildman–Crippen MR) is 82.8 cm³/mol. The molecule has 0 aliphatic carbocycles. The average Bonchev–Trinajstić information content (AvgIpc) is 2.33. The average molecular weight is 415 g/mol. The molecular weight excluding hydrogens is 398 g/mol. The summed E-state index contributed by atoms with van der Waals surface area (Å²) < 4.78 is 33.1. The molecule has 0 heterocycles. The molecule has 19 heavy (non-hydrogen) atoms. The van der Waals surface area contributed by atoms with Gasteiger partial charge in [0.05, 0.1) is 4.90 Å². The van der Waals surface area contributed by atoms with E-state index in [-0.39, 0.29) is 4.90 Å². The van der Waals surface area contributed by atoms with Crippen molar-refractivity contribution in [1.82, 2.24) is 4.72 Å². The molecule has 1 aromatic carbocycles. The number of halogens is 2. The Morgan fingerprint density at radius 1 is 1.21 bits per heavy atom. The van der Waals surface area contributed by atoms with Crippen molar-refractivity contribution < 1.29 is 13.2 Å². The lowest BCUT2D eigenvalue weighted by molar-refractivity contribution is 0.192. The Morgan fingerprint density at radius 3 is 2.58 bits per heavy atom. The van der Waals surface area contributed by atoms with E-state index in [9.17, 15) is 8.42 Å². The monoisotopic (exact) mass is 413 g/mol. The van der Waals surface area contributed by atoms with Crippen LogP contribution in [0.25, 0.3) is 0 Å². The van der Waals surface area contributed by atoms with Crippen molar-refractivity contribution >= 4 is 41.9 Å². The number of benzene rings is 1. The lowest BCUT2D eigenvalue weighted by atomic mass is 10.2. The zero-order chi connectivity index (χ0) is 14.3. The summed E-state index contributed by atoms with van der Waals surface area (Å²) in [4.78, 5) is 0.257. The Labute approximate surface area is 131 Å². The number of sulfonamides is 1. The summed E-state index contributed by atoms with van der Waals surface area (Å²) >= 11 is 6.55. The first kappa shape index (κ1) is 17.1. The number of hydrogen-bond acceptors (Lipinski definition) is 3. The van der Waals surface area contributed by atoms with Gasteiger partial charge in [-0.1, -0.05) is 15.9 Å². The SMILES string of the molecule is COCCCCCNS(=O)(=O)c1ccc(Br)cc1Br. The van der Waals surface area contributed by atoms with Gasteiger partial charge >= 0.3 is 0 Å². The van der Waals surface area contributed by atoms with Crippen molar-refractivity contribution in [2.45, 2.75) is 24.2 Å². The standard InChI is InChI=1S/C12H17Br2NO3S/c1-18-8-4-2-3-7-15-19(16,17)12-6-5-10(13)9-11(12)14/h5-6,9,15H,2-4,7-8H2,1H3. The van der Waals surface area contributed by atoms with E-state index in [1.54, 1.807) is 25.3 Å². The van der Waals surface area contributed by atoms with Crippen LogP contribution in [0.3, 0.4) is 0 Å². The van der Waals surface area contributed by atoms with E-state index in [0.717, 1.165) is 23.7 Å². The second kappa shape index (κ2) is 8.36. The predicted octanol–water partition coefficient (Wildman–Crippen LogP) is 3.31. The summed E-state index contributed by atoms with van der Waals surface area (Å²) in [5, 5.41) is 0. The fourth-order valence-corrected chi connectivity index (χ4v) is 4.34. The topological polar surface area (TPSA) is 55.4 Å². The van der Waals surface area contributed by atoms with Gasteiger partial charge in [0.2, 0.25) is 10.0 Å². The molecule has 0 amide bonds. The minimum absolute atomic E-state index is 0.257. The molecule has 1 rings (SSSR count). The van der Waals surface area contributed by atoms with Crippen LogP contribution in [-0.4, -0.2) is 28.7 Å². The van der Waals surface area contributed by atoms with E-state index in [1.807, 2.05) is 0 Å². The van der Waals surface area contributed by atoms with Crippen molar-refractivity contribution in [1.29, 1.82) is 0 Å². The molecule has 1 N–H and O–H groups in total. The van der Waals surface area contributed by atoms with E-state index < -0.39 is 10.0 Å². The van der Waals surface area contributed by atoms with Crippen LogP contribution in [0.4, 0.5) is 0 Å². The van der Waals surface area contributed by atoms with E-state index >= 15 is 0 Å². The zero-order valence-electron chi connectivity index (χ0n) is 10.7. The maximum Gasteiger partial charge on any atom is 0.241 e. The maximum absolute atomic E-state index is 12.1. The number of unbranched alkanes of at least 4 members (excludes halogenated alkanes) is 2. The highest BCUT2D eigenvalue weighted by Crippen LogP contribution is 2.25. The highest BCUT2D eigenvalue weighted by atomic mass is 79.9. The third-order valence-electron chi connectivity index (χ3n) is 2.50. The molecule has 0 aromatic heterocycles. The largest absolute Gasteiger partial charge is 0.385 e. The summed E-state index contributed by atoms with van der Waals surface area (Å²) in [5.74, 6) is 0. The van der Waals surface area contributed by atoms with E-state index in [2.05, 4.69) is 36.6 Å². The Balaban J connectivity index is 2.52. The molecule has 0 fully saturated rings. The number of methoxy groups -OCH3 is 1. The van der Waals surface area contributed by atoms with Crippen LogP contribution in [0.1, 0.15) is 19.3 Å². The zero-order valence-corrected chi connectivity index (χ0v) is 14.6. The second-order valence-corrected chi connectivity index (χ2v) is 7.53. The van der Waals surface area contributed by atoms with Crippen LogP contribution in [0.5, 0.6) is 0 Å². The van der Waals surface area contributed by atoms with Crippen molar-refractivity contribution in [3.8, 4) is 0 Å². The lowest BCUT2D eigenvalue weighted by Crippen LogP contribution is -2.25. The van der Waals surface area contributed by atoms with Crippen LogP contribution in [-0.2, 0) is 14.8 Å². The molecule has 0 unspecified atom stereocenters. The van der Waals surface area contributed by atoms with Crippen LogP contribution >= 0.6 is 31.9 Å². The fourth-order valence-electron chi connectivity index (χ4n) is 1.53. The quantitative estimate of drug-likeness (QED) is 0.664. The van der Waals surface area contributed by atoms with Crippen molar-refractivity contribution in [2.75, 3.05) is 20.3 Å². The normalized spacial score (nSPS) is 11.7. The molecule has 0 atom stereocenters. The van der Waals surface area contributed by atoms with Crippen molar-refractivity contribution in [3.05, 3.63) is 27.1 Å². The lowest BCUT2D eigenvalue weighted by Gasteiger charge is -2.08. The van der Waals surface area contributed by atoms with Gasteiger partial charge in [0.15, 0.2) is 0 Å².